The Morgan fingerprint density at radius 3 is 2.79 bits per heavy atom. The summed E-state index contributed by atoms with van der Waals surface area (Å²) in [6, 6.07) is -0.538. The Morgan fingerprint density at radius 2 is 2.07 bits per heavy atom. The van der Waals surface area contributed by atoms with Crippen LogP contribution in [0, 0.1) is 5.82 Å². The molecule has 0 saturated heterocycles. The van der Waals surface area contributed by atoms with Gasteiger partial charge in [0.05, 0.1) is 12.5 Å². The van der Waals surface area contributed by atoms with Crippen LogP contribution in [0.25, 0.3) is 27.8 Å². The predicted molar refractivity (Wildman–Crippen MR) is 93.7 cm³/mol. The standard InChI is InChI=1S/C17H14F4N6O/c1-8(17(19,20)21)24-16-25-13-12(15(26-16)28-2)10(6-23-13)9-5-11(18)14-22-3-4-27(14)7-9/h3-8H,1-2H3,(H2,23,24,25,26)/t8-/m1/s1. The van der Waals surface area contributed by atoms with E-state index >= 15 is 0 Å². The molecule has 28 heavy (non-hydrogen) atoms. The highest BCUT2D eigenvalue weighted by Gasteiger charge is 2.36. The van der Waals surface area contributed by atoms with Gasteiger partial charge >= 0.3 is 6.18 Å². The smallest absolute Gasteiger partial charge is 0.408 e. The van der Waals surface area contributed by atoms with Crippen LogP contribution < -0.4 is 10.1 Å². The topological polar surface area (TPSA) is 80.1 Å². The lowest BCUT2D eigenvalue weighted by Crippen LogP contribution is -2.33. The van der Waals surface area contributed by atoms with Crippen LogP contribution in [-0.2, 0) is 0 Å². The van der Waals surface area contributed by atoms with E-state index in [1.54, 1.807) is 18.6 Å². The second-order valence-corrected chi connectivity index (χ2v) is 6.12. The number of hydrogen-bond donors (Lipinski definition) is 2. The third kappa shape index (κ3) is 2.98. The number of fused-ring (bicyclic) bond motifs is 2. The molecule has 11 heteroatoms. The molecule has 7 nitrogen and oxygen atoms in total. The molecule has 0 saturated carbocycles. The number of halogens is 4. The zero-order valence-corrected chi connectivity index (χ0v) is 14.7. The van der Waals surface area contributed by atoms with E-state index in [0.717, 1.165) is 6.92 Å². The molecule has 0 aliphatic carbocycles. The van der Waals surface area contributed by atoms with Crippen LogP contribution in [0.3, 0.4) is 0 Å². The second-order valence-electron chi connectivity index (χ2n) is 6.12. The highest BCUT2D eigenvalue weighted by Crippen LogP contribution is 2.35. The SMILES string of the molecule is COc1nc(N[C@H](C)C(F)(F)F)nc2[nH]cc(-c3cc(F)c4nccn4c3)c12. The van der Waals surface area contributed by atoms with Gasteiger partial charge in [0.15, 0.2) is 11.5 Å². The first-order valence-electron chi connectivity index (χ1n) is 8.17. The van der Waals surface area contributed by atoms with Crippen LogP contribution in [-0.4, -0.2) is 43.7 Å². The summed E-state index contributed by atoms with van der Waals surface area (Å²) in [4.78, 5) is 14.9. The molecule has 0 aliphatic heterocycles. The lowest BCUT2D eigenvalue weighted by Gasteiger charge is -2.17. The summed E-state index contributed by atoms with van der Waals surface area (Å²) in [6.45, 7) is 0.962. The maximum Gasteiger partial charge on any atom is 0.408 e. The fourth-order valence-electron chi connectivity index (χ4n) is 2.85. The molecule has 146 valence electrons. The summed E-state index contributed by atoms with van der Waals surface area (Å²) < 4.78 is 59.5. The van der Waals surface area contributed by atoms with Crippen molar-refractivity contribution in [2.75, 3.05) is 12.4 Å². The fraction of sp³-hybridized carbons (Fsp3) is 0.235. The molecule has 0 aromatic carbocycles. The molecular weight excluding hydrogens is 380 g/mol. The summed E-state index contributed by atoms with van der Waals surface area (Å²) in [5, 5.41) is 2.63. The van der Waals surface area contributed by atoms with E-state index in [2.05, 4.69) is 25.3 Å². The summed E-state index contributed by atoms with van der Waals surface area (Å²) in [5.74, 6) is -0.697. The maximum atomic E-state index is 14.3. The first-order valence-corrected chi connectivity index (χ1v) is 8.17. The monoisotopic (exact) mass is 394 g/mol. The lowest BCUT2D eigenvalue weighted by atomic mass is 10.1. The van der Waals surface area contributed by atoms with Gasteiger partial charge in [-0.1, -0.05) is 0 Å². The first kappa shape index (κ1) is 18.0. The minimum Gasteiger partial charge on any atom is -0.480 e. The Labute approximate surface area is 155 Å². The third-order valence-electron chi connectivity index (χ3n) is 4.28. The summed E-state index contributed by atoms with van der Waals surface area (Å²) in [5.41, 5.74) is 1.47. The number of aromatic amines is 1. The Balaban J connectivity index is 1.82. The minimum atomic E-state index is -4.45. The number of rotatable bonds is 4. The Morgan fingerprint density at radius 1 is 1.29 bits per heavy atom. The average Bonchev–Trinajstić information content (AvgIpc) is 3.26. The minimum absolute atomic E-state index is 0.0595. The number of pyridine rings is 1. The number of ether oxygens (including phenoxy) is 1. The van der Waals surface area contributed by atoms with Gasteiger partial charge in [-0.3, -0.25) is 0 Å². The Hall–Kier alpha value is -3.37. The highest BCUT2D eigenvalue weighted by atomic mass is 19.4. The van der Waals surface area contributed by atoms with Crippen LogP contribution in [0.1, 0.15) is 6.92 Å². The van der Waals surface area contributed by atoms with E-state index in [4.69, 9.17) is 4.74 Å². The van der Waals surface area contributed by atoms with Gasteiger partial charge in [-0.25, -0.2) is 9.37 Å². The Bertz CT molecular complexity index is 1170. The van der Waals surface area contributed by atoms with Crippen molar-refractivity contribution >= 4 is 22.6 Å². The predicted octanol–water partition coefficient (Wildman–Crippen LogP) is 3.78. The number of H-pyrrole nitrogens is 1. The lowest BCUT2D eigenvalue weighted by molar-refractivity contribution is -0.138. The molecule has 0 unspecified atom stereocenters. The molecule has 0 spiro atoms. The number of nitrogens with zero attached hydrogens (tertiary/aromatic N) is 4. The third-order valence-corrected chi connectivity index (χ3v) is 4.28. The average molecular weight is 394 g/mol. The molecule has 4 aromatic rings. The Kier molecular flexibility index (Phi) is 4.09. The number of alkyl halides is 3. The van der Waals surface area contributed by atoms with Crippen molar-refractivity contribution in [1.82, 2.24) is 24.3 Å². The number of aromatic nitrogens is 5. The molecular formula is C17H14F4N6O. The summed E-state index contributed by atoms with van der Waals surface area (Å²) >= 11 is 0. The molecule has 4 rings (SSSR count). The molecule has 1 atom stereocenters. The van der Waals surface area contributed by atoms with Gasteiger partial charge in [-0.2, -0.15) is 23.1 Å². The summed E-state index contributed by atoms with van der Waals surface area (Å²) in [7, 11) is 1.34. The molecule has 0 bridgehead atoms. The van der Waals surface area contributed by atoms with Crippen LogP contribution in [0.2, 0.25) is 0 Å². The zero-order valence-electron chi connectivity index (χ0n) is 14.7. The largest absolute Gasteiger partial charge is 0.480 e. The van der Waals surface area contributed by atoms with Crippen LogP contribution in [0.15, 0.2) is 30.9 Å². The number of methoxy groups -OCH3 is 1. The van der Waals surface area contributed by atoms with Gasteiger partial charge in [0.25, 0.3) is 0 Å². The van der Waals surface area contributed by atoms with Gasteiger partial charge in [0, 0.05) is 35.9 Å². The van der Waals surface area contributed by atoms with E-state index in [1.165, 1.54) is 23.8 Å². The maximum absolute atomic E-state index is 14.3. The van der Waals surface area contributed by atoms with Gasteiger partial charge in [-0.05, 0) is 13.0 Å². The molecule has 0 aliphatic rings. The normalized spacial score (nSPS) is 13.2. The van der Waals surface area contributed by atoms with Crippen molar-refractivity contribution in [1.29, 1.82) is 0 Å². The number of nitrogens with one attached hydrogen (secondary N) is 2. The van der Waals surface area contributed by atoms with Crippen molar-refractivity contribution in [2.45, 2.75) is 19.1 Å². The van der Waals surface area contributed by atoms with Gasteiger partial charge in [0.2, 0.25) is 11.8 Å². The van der Waals surface area contributed by atoms with E-state index in [0.29, 0.717) is 16.5 Å². The number of imidazole rings is 1. The number of anilines is 1. The zero-order chi connectivity index (χ0) is 20.1. The van der Waals surface area contributed by atoms with E-state index in [1.807, 2.05) is 0 Å². The van der Waals surface area contributed by atoms with Crippen LogP contribution in [0.4, 0.5) is 23.5 Å². The van der Waals surface area contributed by atoms with Crippen molar-refractivity contribution in [3.05, 3.63) is 36.7 Å². The van der Waals surface area contributed by atoms with E-state index in [-0.39, 0.29) is 23.1 Å². The molecule has 4 heterocycles. The first-order chi connectivity index (χ1) is 13.3. The summed E-state index contributed by atoms with van der Waals surface area (Å²) in [6.07, 6.45) is 1.86. The van der Waals surface area contributed by atoms with Gasteiger partial charge in [0.1, 0.15) is 11.7 Å². The van der Waals surface area contributed by atoms with Crippen molar-refractivity contribution in [3.63, 3.8) is 0 Å². The molecule has 0 fully saturated rings. The van der Waals surface area contributed by atoms with Crippen molar-refractivity contribution in [2.24, 2.45) is 0 Å². The van der Waals surface area contributed by atoms with Gasteiger partial charge < -0.3 is 19.4 Å². The fourth-order valence-corrected chi connectivity index (χ4v) is 2.85. The van der Waals surface area contributed by atoms with Crippen LogP contribution >= 0.6 is 0 Å². The molecule has 0 amide bonds. The van der Waals surface area contributed by atoms with Gasteiger partial charge in [-0.15, -0.1) is 0 Å². The molecule has 4 aromatic heterocycles. The molecule has 2 N–H and O–H groups in total. The highest BCUT2D eigenvalue weighted by molar-refractivity contribution is 5.97. The quantitative estimate of drug-likeness (QED) is 0.515. The van der Waals surface area contributed by atoms with E-state index in [9.17, 15) is 17.6 Å². The second kappa shape index (κ2) is 6.36. The van der Waals surface area contributed by atoms with Crippen molar-refractivity contribution in [3.8, 4) is 17.0 Å². The van der Waals surface area contributed by atoms with Crippen molar-refractivity contribution < 1.29 is 22.3 Å². The van der Waals surface area contributed by atoms with E-state index < -0.39 is 18.0 Å². The molecule has 0 radical (unpaired) electrons. The van der Waals surface area contributed by atoms with Crippen LogP contribution in [0.5, 0.6) is 5.88 Å². The number of hydrogen-bond acceptors (Lipinski definition) is 5.